The number of methoxy groups -OCH3 is 2. The molecule has 0 aliphatic heterocycles. The van der Waals surface area contributed by atoms with Crippen molar-refractivity contribution in [2.75, 3.05) is 14.2 Å². The minimum atomic E-state index is -4.16. The first kappa shape index (κ1) is 56.0. The number of ether oxygens (including phenoxy) is 2. The molecule has 380 valence electrons. The van der Waals surface area contributed by atoms with Gasteiger partial charge in [0.15, 0.2) is 11.9 Å². The average molecular weight is 1040 g/mol. The Balaban J connectivity index is 0.000000200. The molecule has 0 aliphatic rings. The van der Waals surface area contributed by atoms with Crippen molar-refractivity contribution in [2.24, 2.45) is 5.73 Å². The van der Waals surface area contributed by atoms with Crippen LogP contribution in [0.3, 0.4) is 0 Å². The third-order valence-electron chi connectivity index (χ3n) is 11.8. The van der Waals surface area contributed by atoms with Crippen molar-refractivity contribution in [3.05, 3.63) is 227 Å². The van der Waals surface area contributed by atoms with Gasteiger partial charge in [0.25, 0.3) is 10.1 Å². The van der Waals surface area contributed by atoms with Crippen LogP contribution in [0.5, 0.6) is 11.5 Å². The van der Waals surface area contributed by atoms with Crippen LogP contribution in [0, 0.1) is 6.92 Å². The maximum absolute atomic E-state index is 13.4. The summed E-state index contributed by atoms with van der Waals surface area (Å²) < 4.78 is 41.8. The second-order valence-corrected chi connectivity index (χ2v) is 20.3. The quantitative estimate of drug-likeness (QED) is 0.0509. The highest BCUT2D eigenvalue weighted by Gasteiger charge is 2.30. The Morgan fingerprint density at radius 3 is 1.55 bits per heavy atom. The molecular formula is C63H64N2O6S3. The Kier molecular flexibility index (Phi) is 21.0. The SMILES string of the molecule is C/C=C/c1ccc(C(=O)C(OS(=O)(=O)c2ccc(C)cc2)c2ccc(/C=C/C)cc2)cc1.CCCc1ccc(-c2nc(-c3ccc(OC)cc3)sc2-c2ccc(CCC)cc2)cc1.COc1ccc(C(N)=S)cc1. The molecule has 0 radical (unpaired) electrons. The number of nitrogens with two attached hydrogens (primary N) is 1. The Labute approximate surface area is 447 Å². The van der Waals surface area contributed by atoms with E-state index >= 15 is 0 Å². The zero-order valence-corrected chi connectivity index (χ0v) is 45.5. The number of carbonyl (C=O) groups is 1. The fourth-order valence-corrected chi connectivity index (χ4v) is 10.0. The van der Waals surface area contributed by atoms with Crippen molar-refractivity contribution in [1.29, 1.82) is 0 Å². The summed E-state index contributed by atoms with van der Waals surface area (Å²) in [6.45, 7) is 10.1. The van der Waals surface area contributed by atoms with Gasteiger partial charge in [-0.3, -0.25) is 4.79 Å². The van der Waals surface area contributed by atoms with E-state index in [1.54, 1.807) is 62.0 Å². The van der Waals surface area contributed by atoms with Gasteiger partial charge in [0.05, 0.1) is 29.7 Å². The zero-order valence-electron chi connectivity index (χ0n) is 43.1. The zero-order chi connectivity index (χ0) is 53.0. The predicted octanol–water partition coefficient (Wildman–Crippen LogP) is 15.8. The van der Waals surface area contributed by atoms with Crippen LogP contribution in [0.2, 0.25) is 0 Å². The fourth-order valence-electron chi connectivity index (χ4n) is 7.77. The molecule has 0 fully saturated rings. The second-order valence-electron chi connectivity index (χ2n) is 17.3. The van der Waals surface area contributed by atoms with E-state index in [-0.39, 0.29) is 4.90 Å². The van der Waals surface area contributed by atoms with Crippen LogP contribution in [0.15, 0.2) is 187 Å². The lowest BCUT2D eigenvalue weighted by Gasteiger charge is -2.18. The van der Waals surface area contributed by atoms with Crippen LogP contribution in [0.1, 0.15) is 95.9 Å². The van der Waals surface area contributed by atoms with Gasteiger partial charge in [-0.1, -0.05) is 178 Å². The van der Waals surface area contributed by atoms with Crippen molar-refractivity contribution < 1.29 is 26.9 Å². The summed E-state index contributed by atoms with van der Waals surface area (Å²) >= 11 is 6.53. The van der Waals surface area contributed by atoms with Gasteiger partial charge in [-0.15, -0.1) is 11.3 Å². The summed E-state index contributed by atoms with van der Waals surface area (Å²) in [4.78, 5) is 20.1. The molecule has 2 N–H and O–H groups in total. The monoisotopic (exact) mass is 1040 g/mol. The van der Waals surface area contributed by atoms with Crippen LogP contribution < -0.4 is 15.2 Å². The van der Waals surface area contributed by atoms with Crippen LogP contribution >= 0.6 is 23.6 Å². The maximum atomic E-state index is 13.4. The second kappa shape index (κ2) is 27.7. The predicted molar refractivity (Wildman–Crippen MR) is 311 cm³/mol. The van der Waals surface area contributed by atoms with Gasteiger partial charge >= 0.3 is 0 Å². The number of nitrogens with zero attached hydrogens (tertiary/aromatic N) is 1. The lowest BCUT2D eigenvalue weighted by Crippen LogP contribution is -2.20. The van der Waals surface area contributed by atoms with Gasteiger partial charge in [0, 0.05) is 22.3 Å². The van der Waals surface area contributed by atoms with Crippen molar-refractivity contribution >= 4 is 56.6 Å². The Bertz CT molecular complexity index is 3150. The molecule has 7 aromatic carbocycles. The number of benzene rings is 7. The summed E-state index contributed by atoms with van der Waals surface area (Å²) in [5.41, 5.74) is 17.3. The van der Waals surface area contributed by atoms with Crippen molar-refractivity contribution in [1.82, 2.24) is 4.98 Å². The summed E-state index contributed by atoms with van der Waals surface area (Å²) in [6.07, 6.45) is 10.9. The number of allylic oxidation sites excluding steroid dienone is 2. The first-order chi connectivity index (χ1) is 35.8. The minimum Gasteiger partial charge on any atom is -0.497 e. The summed E-state index contributed by atoms with van der Waals surface area (Å²) in [7, 11) is -0.846. The number of Topliss-reactive ketones (excluding diaryl/α,β-unsaturated/α-hetero) is 1. The van der Waals surface area contributed by atoms with Crippen molar-refractivity contribution in [3.63, 3.8) is 0 Å². The van der Waals surface area contributed by atoms with E-state index in [1.165, 1.54) is 39.3 Å². The highest BCUT2D eigenvalue weighted by atomic mass is 32.2. The van der Waals surface area contributed by atoms with Gasteiger partial charge in [0.1, 0.15) is 21.5 Å². The molecule has 1 atom stereocenters. The van der Waals surface area contributed by atoms with Crippen LogP contribution in [-0.2, 0) is 27.1 Å². The topological polar surface area (TPSA) is 118 Å². The third-order valence-corrected chi connectivity index (χ3v) is 14.5. The van der Waals surface area contributed by atoms with Crippen LogP contribution in [0.4, 0.5) is 0 Å². The van der Waals surface area contributed by atoms with E-state index < -0.39 is 22.0 Å². The fraction of sp³-hybridized carbons (Fsp3) is 0.190. The van der Waals surface area contributed by atoms with Crippen LogP contribution in [-0.4, -0.2) is 38.4 Å². The molecule has 1 unspecified atom stereocenters. The number of rotatable bonds is 18. The standard InChI is InChI=1S/C28H29NOS.C27H26O4S.C8H9NOS/c1-4-6-20-8-12-22(13-9-20)26-27(23-14-10-21(7-5-2)11-15-23)31-28(29-26)24-16-18-25(30-3)19-17-24;1-4-6-21-10-14-23(15-11-21)26(28)27(24-16-12-22(7-5-2)13-17-24)31-32(29,30)25-18-8-20(3)9-19-25;1-10-7-4-2-6(3-5-7)8(9)11/h8-19H,4-7H2,1-3H3;4-19,27H,1-3H3;2-5H,1H3,(H2,9,11)/b;6-4+,7-5+;. The minimum absolute atomic E-state index is 0.00914. The number of thiazole rings is 1. The smallest absolute Gasteiger partial charge is 0.298 e. The van der Waals surface area contributed by atoms with Gasteiger partial charge in [-0.2, -0.15) is 8.42 Å². The van der Waals surface area contributed by atoms with E-state index in [0.717, 1.165) is 75.7 Å². The largest absolute Gasteiger partial charge is 0.497 e. The van der Waals surface area contributed by atoms with Gasteiger partial charge < -0.3 is 15.2 Å². The lowest BCUT2D eigenvalue weighted by atomic mass is 9.98. The highest BCUT2D eigenvalue weighted by molar-refractivity contribution is 7.86. The molecule has 8 nitrogen and oxygen atoms in total. The molecule has 1 aromatic heterocycles. The van der Waals surface area contributed by atoms with E-state index in [4.69, 9.17) is 36.6 Å². The Hall–Kier alpha value is -7.28. The molecule has 0 spiro atoms. The van der Waals surface area contributed by atoms with E-state index in [2.05, 4.69) is 74.5 Å². The molecule has 0 amide bonds. The molecule has 0 saturated heterocycles. The molecule has 0 aliphatic carbocycles. The van der Waals surface area contributed by atoms with Crippen molar-refractivity contribution in [3.8, 4) is 43.8 Å². The Morgan fingerprint density at radius 1 is 0.622 bits per heavy atom. The molecule has 0 bridgehead atoms. The molecule has 1 heterocycles. The lowest BCUT2D eigenvalue weighted by molar-refractivity contribution is 0.0801. The first-order valence-electron chi connectivity index (χ1n) is 24.6. The van der Waals surface area contributed by atoms with E-state index in [1.807, 2.05) is 106 Å². The van der Waals surface area contributed by atoms with Crippen molar-refractivity contribution in [2.45, 2.75) is 71.3 Å². The number of carbonyl (C=O) groups excluding carboxylic acids is 1. The number of hydrogen-bond acceptors (Lipinski definition) is 9. The number of aromatic nitrogens is 1. The summed E-state index contributed by atoms with van der Waals surface area (Å²) in [5.74, 6) is 1.25. The first-order valence-corrected chi connectivity index (χ1v) is 27.2. The summed E-state index contributed by atoms with van der Waals surface area (Å²) in [5, 5.41) is 1.03. The molecule has 0 saturated carbocycles. The number of ketones is 1. The molecule has 8 rings (SSSR count). The highest BCUT2D eigenvalue weighted by Crippen LogP contribution is 2.41. The number of thiocarbonyl (C=S) groups is 1. The van der Waals surface area contributed by atoms with Gasteiger partial charge in [-0.05, 0) is 128 Å². The summed E-state index contributed by atoms with van der Waals surface area (Å²) in [6, 6.07) is 53.8. The molecule has 8 aromatic rings. The molecule has 11 heteroatoms. The van der Waals surface area contributed by atoms with Gasteiger partial charge in [0.2, 0.25) is 0 Å². The Morgan fingerprint density at radius 2 is 1.08 bits per heavy atom. The number of hydrogen-bond donors (Lipinski definition) is 1. The molecule has 74 heavy (non-hydrogen) atoms. The van der Waals surface area contributed by atoms with Gasteiger partial charge in [-0.25, -0.2) is 9.17 Å². The van der Waals surface area contributed by atoms with Crippen LogP contribution in [0.25, 0.3) is 44.4 Å². The number of aryl methyl sites for hydroxylation is 3. The van der Waals surface area contributed by atoms with E-state index in [0.29, 0.717) is 16.1 Å². The normalized spacial score (nSPS) is 11.6. The molecular weight excluding hydrogens is 977 g/mol. The maximum Gasteiger partial charge on any atom is 0.298 e. The third kappa shape index (κ3) is 15.6. The van der Waals surface area contributed by atoms with E-state index in [9.17, 15) is 13.2 Å². The average Bonchev–Trinajstić information content (AvgIpc) is 3.87.